The average molecular weight is 184 g/mol. The van der Waals surface area contributed by atoms with Crippen LogP contribution in [0.5, 0.6) is 5.88 Å². The van der Waals surface area contributed by atoms with Crippen molar-refractivity contribution in [3.05, 3.63) is 35.5 Å². The van der Waals surface area contributed by atoms with Gasteiger partial charge in [0.05, 0.1) is 5.02 Å². The average Bonchev–Trinajstić information content (AvgIpc) is 2.09. The smallest absolute Gasteiger partial charge is 0.213 e. The van der Waals surface area contributed by atoms with Crippen LogP contribution in [0, 0.1) is 0 Å². The van der Waals surface area contributed by atoms with E-state index in [4.69, 9.17) is 16.3 Å². The van der Waals surface area contributed by atoms with E-state index in [0.717, 1.165) is 0 Å². The molecule has 0 aliphatic carbocycles. The van der Waals surface area contributed by atoms with Gasteiger partial charge >= 0.3 is 0 Å². The number of halogens is 1. The number of hydrogen-bond donors (Lipinski definition) is 0. The number of ether oxygens (including phenoxy) is 1. The van der Waals surface area contributed by atoms with E-state index in [9.17, 15) is 0 Å². The van der Waals surface area contributed by atoms with Gasteiger partial charge in [0.15, 0.2) is 0 Å². The molecule has 0 aliphatic rings. The molecule has 3 heteroatoms. The van der Waals surface area contributed by atoms with Crippen molar-refractivity contribution >= 4 is 11.6 Å². The molecule has 1 aromatic rings. The molecular weight excluding hydrogens is 174 g/mol. The van der Waals surface area contributed by atoms with Crippen LogP contribution in [0.25, 0.3) is 0 Å². The van der Waals surface area contributed by atoms with Gasteiger partial charge in [0.2, 0.25) is 5.88 Å². The van der Waals surface area contributed by atoms with Crippen LogP contribution in [0.4, 0.5) is 0 Å². The highest BCUT2D eigenvalue weighted by molar-refractivity contribution is 6.30. The first-order valence-electron chi connectivity index (χ1n) is 3.68. The van der Waals surface area contributed by atoms with Gasteiger partial charge in [-0.15, -0.1) is 0 Å². The Bertz CT molecular complexity index is 256. The Hall–Kier alpha value is -1.02. The van der Waals surface area contributed by atoms with E-state index in [2.05, 4.69) is 4.98 Å². The first kappa shape index (κ1) is 9.07. The minimum absolute atomic E-state index is 0.547. The topological polar surface area (TPSA) is 22.1 Å². The molecule has 0 amide bonds. The summed E-state index contributed by atoms with van der Waals surface area (Å²) in [6, 6.07) is 3.49. The highest BCUT2D eigenvalue weighted by Gasteiger charge is 1.91. The predicted octanol–water partition coefficient (Wildman–Crippen LogP) is 2.69. The Kier molecular flexibility index (Phi) is 3.61. The summed E-state index contributed by atoms with van der Waals surface area (Å²) in [5.74, 6) is 0.595. The molecular formula is C9H10ClNO. The molecule has 0 saturated heterocycles. The number of pyridine rings is 1. The monoisotopic (exact) mass is 183 g/mol. The van der Waals surface area contributed by atoms with E-state index in [-0.39, 0.29) is 0 Å². The summed E-state index contributed by atoms with van der Waals surface area (Å²) in [5.41, 5.74) is 0. The number of hydrogen-bond acceptors (Lipinski definition) is 2. The van der Waals surface area contributed by atoms with Gasteiger partial charge in [-0.05, 0) is 13.0 Å². The predicted molar refractivity (Wildman–Crippen MR) is 49.6 cm³/mol. The molecule has 0 N–H and O–H groups in total. The van der Waals surface area contributed by atoms with E-state index in [1.165, 1.54) is 0 Å². The first-order chi connectivity index (χ1) is 5.83. The van der Waals surface area contributed by atoms with Crippen LogP contribution < -0.4 is 4.74 Å². The van der Waals surface area contributed by atoms with Crippen LogP contribution in [0.2, 0.25) is 5.02 Å². The molecule has 12 heavy (non-hydrogen) atoms. The molecule has 0 fully saturated rings. The zero-order valence-corrected chi connectivity index (χ0v) is 7.58. The molecule has 1 rings (SSSR count). The van der Waals surface area contributed by atoms with Gasteiger partial charge in [-0.25, -0.2) is 4.98 Å². The summed E-state index contributed by atoms with van der Waals surface area (Å²) in [5, 5.41) is 0.619. The lowest BCUT2D eigenvalue weighted by atomic mass is 10.5. The van der Waals surface area contributed by atoms with Crippen molar-refractivity contribution in [2.45, 2.75) is 6.92 Å². The Morgan fingerprint density at radius 2 is 2.42 bits per heavy atom. The highest BCUT2D eigenvalue weighted by atomic mass is 35.5. The SMILES string of the molecule is CC=CCOc1ccc(Cl)cn1. The van der Waals surface area contributed by atoms with Crippen LogP contribution in [0.1, 0.15) is 6.92 Å². The minimum atomic E-state index is 0.547. The third-order valence-electron chi connectivity index (χ3n) is 1.26. The van der Waals surface area contributed by atoms with Gasteiger partial charge < -0.3 is 4.74 Å². The molecule has 0 aromatic carbocycles. The molecule has 2 nitrogen and oxygen atoms in total. The lowest BCUT2D eigenvalue weighted by Crippen LogP contribution is -1.94. The van der Waals surface area contributed by atoms with Crippen molar-refractivity contribution in [3.8, 4) is 5.88 Å². The molecule has 0 aliphatic heterocycles. The lowest BCUT2D eigenvalue weighted by Gasteiger charge is -2.00. The summed E-state index contributed by atoms with van der Waals surface area (Å²) in [6.07, 6.45) is 5.40. The minimum Gasteiger partial charge on any atom is -0.473 e. The summed E-state index contributed by atoms with van der Waals surface area (Å²) in [4.78, 5) is 3.96. The van der Waals surface area contributed by atoms with Crippen LogP contribution in [-0.4, -0.2) is 11.6 Å². The van der Waals surface area contributed by atoms with Crippen molar-refractivity contribution in [2.24, 2.45) is 0 Å². The Morgan fingerprint density at radius 1 is 1.58 bits per heavy atom. The maximum atomic E-state index is 5.64. The maximum Gasteiger partial charge on any atom is 0.213 e. The van der Waals surface area contributed by atoms with Crippen LogP contribution >= 0.6 is 11.6 Å². The van der Waals surface area contributed by atoms with Gasteiger partial charge in [0.25, 0.3) is 0 Å². The zero-order valence-electron chi connectivity index (χ0n) is 6.83. The summed E-state index contributed by atoms with van der Waals surface area (Å²) < 4.78 is 5.24. The summed E-state index contributed by atoms with van der Waals surface area (Å²) >= 11 is 5.64. The van der Waals surface area contributed by atoms with E-state index in [0.29, 0.717) is 17.5 Å². The molecule has 0 saturated carbocycles. The fraction of sp³-hybridized carbons (Fsp3) is 0.222. The number of rotatable bonds is 3. The molecule has 0 spiro atoms. The van der Waals surface area contributed by atoms with Gasteiger partial charge in [-0.3, -0.25) is 0 Å². The Morgan fingerprint density at radius 3 is 3.00 bits per heavy atom. The standard InChI is InChI=1S/C9H10ClNO/c1-2-3-6-12-9-5-4-8(10)7-11-9/h2-5,7H,6H2,1H3. The number of nitrogens with zero attached hydrogens (tertiary/aromatic N) is 1. The van der Waals surface area contributed by atoms with Gasteiger partial charge in [0.1, 0.15) is 6.61 Å². The zero-order chi connectivity index (χ0) is 8.81. The van der Waals surface area contributed by atoms with Gasteiger partial charge in [-0.1, -0.05) is 23.8 Å². The summed E-state index contributed by atoms with van der Waals surface area (Å²) in [6.45, 7) is 2.49. The van der Waals surface area contributed by atoms with Crippen LogP contribution in [-0.2, 0) is 0 Å². The van der Waals surface area contributed by atoms with Crippen molar-refractivity contribution in [1.29, 1.82) is 0 Å². The van der Waals surface area contributed by atoms with Gasteiger partial charge in [-0.2, -0.15) is 0 Å². The summed E-state index contributed by atoms with van der Waals surface area (Å²) in [7, 11) is 0. The highest BCUT2D eigenvalue weighted by Crippen LogP contribution is 2.10. The Balaban J connectivity index is 2.47. The van der Waals surface area contributed by atoms with Gasteiger partial charge in [0, 0.05) is 12.3 Å². The quantitative estimate of drug-likeness (QED) is 0.673. The number of allylic oxidation sites excluding steroid dienone is 1. The van der Waals surface area contributed by atoms with Crippen LogP contribution in [0.3, 0.4) is 0 Å². The second-order valence-corrected chi connectivity index (χ2v) is 2.63. The molecule has 64 valence electrons. The molecule has 1 heterocycles. The molecule has 0 radical (unpaired) electrons. The lowest BCUT2D eigenvalue weighted by molar-refractivity contribution is 0.348. The van der Waals surface area contributed by atoms with E-state index >= 15 is 0 Å². The molecule has 1 aromatic heterocycles. The number of aromatic nitrogens is 1. The molecule has 0 bridgehead atoms. The third-order valence-corrected chi connectivity index (χ3v) is 1.49. The fourth-order valence-electron chi connectivity index (χ4n) is 0.677. The first-order valence-corrected chi connectivity index (χ1v) is 4.06. The van der Waals surface area contributed by atoms with E-state index < -0.39 is 0 Å². The van der Waals surface area contributed by atoms with E-state index in [1.54, 1.807) is 18.3 Å². The molecule has 0 atom stereocenters. The van der Waals surface area contributed by atoms with Crippen molar-refractivity contribution in [2.75, 3.05) is 6.61 Å². The van der Waals surface area contributed by atoms with E-state index in [1.807, 2.05) is 19.1 Å². The van der Waals surface area contributed by atoms with Crippen molar-refractivity contribution in [1.82, 2.24) is 4.98 Å². The third kappa shape index (κ3) is 2.93. The second kappa shape index (κ2) is 4.78. The van der Waals surface area contributed by atoms with Crippen molar-refractivity contribution < 1.29 is 4.74 Å². The normalized spacial score (nSPS) is 10.5. The Labute approximate surface area is 76.8 Å². The molecule has 0 unspecified atom stereocenters. The largest absolute Gasteiger partial charge is 0.473 e. The second-order valence-electron chi connectivity index (χ2n) is 2.19. The van der Waals surface area contributed by atoms with Crippen molar-refractivity contribution in [3.63, 3.8) is 0 Å². The fourth-order valence-corrected chi connectivity index (χ4v) is 0.789. The maximum absolute atomic E-state index is 5.64. The van der Waals surface area contributed by atoms with Crippen LogP contribution in [0.15, 0.2) is 30.5 Å².